The van der Waals surface area contributed by atoms with Gasteiger partial charge >= 0.3 is 0 Å². The lowest BCUT2D eigenvalue weighted by atomic mass is 10.2. The van der Waals surface area contributed by atoms with Crippen molar-refractivity contribution >= 4 is 21.7 Å². The molecule has 1 aromatic carbocycles. The summed E-state index contributed by atoms with van der Waals surface area (Å²) in [4.78, 5) is 4.10. The van der Waals surface area contributed by atoms with Gasteiger partial charge in [-0.15, -0.1) is 0 Å². The topological polar surface area (TPSA) is 24.9 Å². The Balaban J connectivity index is 2.05. The molecule has 0 radical (unpaired) electrons. The third-order valence-electron chi connectivity index (χ3n) is 2.14. The highest BCUT2D eigenvalue weighted by molar-refractivity contribution is 9.10. The quantitative estimate of drug-likeness (QED) is 0.929. The number of halogens is 2. The summed E-state index contributed by atoms with van der Waals surface area (Å²) in [6.45, 7) is 0.427. The van der Waals surface area contributed by atoms with Crippen molar-refractivity contribution in [1.82, 2.24) is 4.98 Å². The van der Waals surface area contributed by atoms with Crippen LogP contribution in [0.2, 0.25) is 0 Å². The Labute approximate surface area is 102 Å². The molecule has 82 valence electrons. The van der Waals surface area contributed by atoms with E-state index in [1.807, 2.05) is 24.3 Å². The number of rotatable bonds is 3. The number of anilines is 1. The molecule has 2 aromatic rings. The van der Waals surface area contributed by atoms with E-state index >= 15 is 0 Å². The zero-order chi connectivity index (χ0) is 11.4. The molecule has 0 saturated heterocycles. The van der Waals surface area contributed by atoms with Gasteiger partial charge in [-0.1, -0.05) is 28.1 Å². The lowest BCUT2D eigenvalue weighted by Gasteiger charge is -2.06. The molecule has 1 N–H and O–H groups in total. The molecule has 0 fully saturated rings. The first-order valence-corrected chi connectivity index (χ1v) is 5.64. The van der Waals surface area contributed by atoms with Crippen LogP contribution in [-0.4, -0.2) is 4.98 Å². The minimum absolute atomic E-state index is 0.224. The second kappa shape index (κ2) is 5.07. The van der Waals surface area contributed by atoms with Crippen molar-refractivity contribution in [1.29, 1.82) is 0 Å². The van der Waals surface area contributed by atoms with Crippen molar-refractivity contribution in [3.63, 3.8) is 0 Å². The molecule has 0 bridgehead atoms. The van der Waals surface area contributed by atoms with Crippen LogP contribution in [-0.2, 0) is 6.54 Å². The van der Waals surface area contributed by atoms with Gasteiger partial charge in [0.2, 0.25) is 0 Å². The van der Waals surface area contributed by atoms with Gasteiger partial charge in [0.1, 0.15) is 11.6 Å². The van der Waals surface area contributed by atoms with Crippen molar-refractivity contribution in [2.24, 2.45) is 0 Å². The van der Waals surface area contributed by atoms with Crippen LogP contribution in [0, 0.1) is 5.82 Å². The van der Waals surface area contributed by atoms with Crippen molar-refractivity contribution in [3.8, 4) is 0 Å². The zero-order valence-electron chi connectivity index (χ0n) is 8.45. The molecule has 16 heavy (non-hydrogen) atoms. The predicted octanol–water partition coefficient (Wildman–Crippen LogP) is 3.60. The smallest absolute Gasteiger partial charge is 0.129 e. The third kappa shape index (κ3) is 2.79. The van der Waals surface area contributed by atoms with E-state index in [2.05, 4.69) is 26.2 Å². The van der Waals surface area contributed by atoms with Crippen molar-refractivity contribution in [2.45, 2.75) is 6.54 Å². The fraction of sp³-hybridized carbons (Fsp3) is 0.0833. The second-order valence-electron chi connectivity index (χ2n) is 3.30. The highest BCUT2D eigenvalue weighted by Crippen LogP contribution is 2.16. The van der Waals surface area contributed by atoms with Crippen LogP contribution in [0.1, 0.15) is 5.56 Å². The predicted molar refractivity (Wildman–Crippen MR) is 65.7 cm³/mol. The molecule has 0 aliphatic carbocycles. The molecule has 0 saturated carbocycles. The van der Waals surface area contributed by atoms with Gasteiger partial charge in [-0.25, -0.2) is 9.37 Å². The maximum absolute atomic E-state index is 13.5. The van der Waals surface area contributed by atoms with Gasteiger partial charge in [0, 0.05) is 22.8 Å². The molecule has 2 nitrogen and oxygen atoms in total. The molecule has 0 atom stereocenters. The molecule has 2 rings (SSSR count). The van der Waals surface area contributed by atoms with Crippen LogP contribution in [0.15, 0.2) is 47.1 Å². The first kappa shape index (κ1) is 11.1. The molecule has 0 amide bonds. The van der Waals surface area contributed by atoms with Crippen molar-refractivity contribution in [3.05, 3.63) is 58.4 Å². The Morgan fingerprint density at radius 2 is 2.12 bits per heavy atom. The van der Waals surface area contributed by atoms with E-state index in [0.29, 0.717) is 12.1 Å². The van der Waals surface area contributed by atoms with Crippen LogP contribution >= 0.6 is 15.9 Å². The fourth-order valence-corrected chi connectivity index (χ4v) is 1.65. The summed E-state index contributed by atoms with van der Waals surface area (Å²) in [5.74, 6) is 0.516. The van der Waals surface area contributed by atoms with E-state index in [1.54, 1.807) is 12.3 Å². The number of nitrogens with zero attached hydrogens (tertiary/aromatic N) is 1. The molecular formula is C12H10BrFN2. The number of hydrogen-bond donors (Lipinski definition) is 1. The molecule has 0 unspecified atom stereocenters. The molecule has 4 heteroatoms. The number of aromatic nitrogens is 1. The molecule has 1 heterocycles. The second-order valence-corrected chi connectivity index (χ2v) is 4.22. The van der Waals surface area contributed by atoms with Gasteiger partial charge in [0.05, 0.1) is 0 Å². The average molecular weight is 281 g/mol. The minimum Gasteiger partial charge on any atom is -0.366 e. The van der Waals surface area contributed by atoms with Crippen molar-refractivity contribution < 1.29 is 4.39 Å². The summed E-state index contributed by atoms with van der Waals surface area (Å²) < 4.78 is 14.2. The third-order valence-corrected chi connectivity index (χ3v) is 2.63. The van der Waals surface area contributed by atoms with Crippen LogP contribution < -0.4 is 5.32 Å². The molecule has 0 aliphatic rings. The molecule has 1 aromatic heterocycles. The van der Waals surface area contributed by atoms with Crippen LogP contribution in [0.4, 0.5) is 10.2 Å². The van der Waals surface area contributed by atoms with E-state index in [4.69, 9.17) is 0 Å². The summed E-state index contributed by atoms with van der Waals surface area (Å²) in [6.07, 6.45) is 1.69. The van der Waals surface area contributed by atoms with E-state index in [0.717, 1.165) is 10.3 Å². The van der Waals surface area contributed by atoms with Gasteiger partial charge in [-0.05, 0) is 24.3 Å². The summed E-state index contributed by atoms with van der Waals surface area (Å²) in [5, 5.41) is 3.05. The van der Waals surface area contributed by atoms with Crippen LogP contribution in [0.3, 0.4) is 0 Å². The average Bonchev–Trinajstić information content (AvgIpc) is 2.29. The van der Waals surface area contributed by atoms with Gasteiger partial charge in [0.15, 0.2) is 0 Å². The number of hydrogen-bond acceptors (Lipinski definition) is 2. The number of benzene rings is 1. The molecule has 0 aliphatic heterocycles. The first-order valence-electron chi connectivity index (χ1n) is 4.84. The maximum atomic E-state index is 13.5. The Hall–Kier alpha value is -1.42. The van der Waals surface area contributed by atoms with E-state index < -0.39 is 0 Å². The van der Waals surface area contributed by atoms with Crippen molar-refractivity contribution in [2.75, 3.05) is 5.32 Å². The van der Waals surface area contributed by atoms with E-state index in [9.17, 15) is 4.39 Å². The Morgan fingerprint density at radius 3 is 2.81 bits per heavy atom. The highest BCUT2D eigenvalue weighted by atomic mass is 79.9. The SMILES string of the molecule is Fc1cc(Br)ccc1CNc1ccccn1. The van der Waals surface area contributed by atoms with Gasteiger partial charge in [-0.3, -0.25) is 0 Å². The van der Waals surface area contributed by atoms with Gasteiger partial charge in [-0.2, -0.15) is 0 Å². The standard InChI is InChI=1S/C12H10BrFN2/c13-10-5-4-9(11(14)7-10)8-16-12-3-1-2-6-15-12/h1-7H,8H2,(H,15,16). The summed E-state index contributed by atoms with van der Waals surface area (Å²) in [5.41, 5.74) is 0.619. The fourth-order valence-electron chi connectivity index (χ4n) is 1.32. The van der Waals surface area contributed by atoms with Crippen LogP contribution in [0.25, 0.3) is 0 Å². The lowest BCUT2D eigenvalue weighted by molar-refractivity contribution is 0.612. The van der Waals surface area contributed by atoms with Gasteiger partial charge in [0.25, 0.3) is 0 Å². The van der Waals surface area contributed by atoms with Gasteiger partial charge < -0.3 is 5.32 Å². The van der Waals surface area contributed by atoms with E-state index in [-0.39, 0.29) is 5.82 Å². The lowest BCUT2D eigenvalue weighted by Crippen LogP contribution is -2.02. The normalized spacial score (nSPS) is 10.1. The summed E-state index contributed by atoms with van der Waals surface area (Å²) in [7, 11) is 0. The van der Waals surface area contributed by atoms with E-state index in [1.165, 1.54) is 6.07 Å². The monoisotopic (exact) mass is 280 g/mol. The minimum atomic E-state index is -0.224. The summed E-state index contributed by atoms with van der Waals surface area (Å²) >= 11 is 3.22. The van der Waals surface area contributed by atoms with Crippen LogP contribution in [0.5, 0.6) is 0 Å². The molecular weight excluding hydrogens is 271 g/mol. The Bertz CT molecular complexity index is 474. The number of pyridine rings is 1. The number of nitrogens with one attached hydrogen (secondary N) is 1. The first-order chi connectivity index (χ1) is 7.75. The maximum Gasteiger partial charge on any atom is 0.129 e. The zero-order valence-corrected chi connectivity index (χ0v) is 10.0. The Kier molecular flexibility index (Phi) is 3.51. The Morgan fingerprint density at radius 1 is 1.25 bits per heavy atom. The summed E-state index contributed by atoms with van der Waals surface area (Å²) in [6, 6.07) is 10.6. The molecule has 0 spiro atoms. The highest BCUT2D eigenvalue weighted by Gasteiger charge is 2.02. The largest absolute Gasteiger partial charge is 0.366 e.